The Morgan fingerprint density at radius 2 is 1.85 bits per heavy atom. The molecule has 0 aromatic heterocycles. The highest BCUT2D eigenvalue weighted by Crippen LogP contribution is 2.28. The average molecular weight is 384 g/mol. The summed E-state index contributed by atoms with van der Waals surface area (Å²) in [6.07, 6.45) is 1.67. The summed E-state index contributed by atoms with van der Waals surface area (Å²) in [7, 11) is -3.40. The van der Waals surface area contributed by atoms with Gasteiger partial charge in [-0.05, 0) is 53.7 Å². The second kappa shape index (κ2) is 7.22. The normalized spacial score (nSPS) is 19.4. The van der Waals surface area contributed by atoms with Crippen molar-refractivity contribution in [3.8, 4) is 0 Å². The Bertz CT molecular complexity index is 543. The summed E-state index contributed by atoms with van der Waals surface area (Å²) >= 11 is 3.31. The number of hydrogen-bond donors (Lipinski definition) is 1. The van der Waals surface area contributed by atoms with Crippen LogP contribution in [0, 0.1) is 5.92 Å². The van der Waals surface area contributed by atoms with Crippen molar-refractivity contribution in [2.45, 2.75) is 30.7 Å². The van der Waals surface area contributed by atoms with Gasteiger partial charge in [-0.3, -0.25) is 0 Å². The van der Waals surface area contributed by atoms with Crippen LogP contribution >= 0.6 is 28.3 Å². The Morgan fingerprint density at radius 1 is 1.30 bits per heavy atom. The van der Waals surface area contributed by atoms with Crippen LogP contribution in [0.25, 0.3) is 0 Å². The van der Waals surface area contributed by atoms with Gasteiger partial charge in [-0.25, -0.2) is 8.42 Å². The molecule has 1 unspecified atom stereocenters. The zero-order valence-corrected chi connectivity index (χ0v) is 14.5. The highest BCUT2D eigenvalue weighted by molar-refractivity contribution is 9.10. The number of nitrogens with two attached hydrogens (primary N) is 1. The summed E-state index contributed by atoms with van der Waals surface area (Å²) in [6.45, 7) is 3.09. The molecule has 0 radical (unpaired) electrons. The van der Waals surface area contributed by atoms with Crippen LogP contribution in [-0.4, -0.2) is 31.9 Å². The smallest absolute Gasteiger partial charge is 0.244 e. The number of rotatable bonds is 3. The summed E-state index contributed by atoms with van der Waals surface area (Å²) in [5.74, 6) is 0.422. The SMILES string of the molecule is CC(N)C1CCN(S(=O)(=O)c2ccccc2Br)CC1.Cl. The minimum atomic E-state index is -3.40. The Hall–Kier alpha value is -0.140. The van der Waals surface area contributed by atoms with Crippen molar-refractivity contribution in [2.75, 3.05) is 13.1 Å². The lowest BCUT2D eigenvalue weighted by Crippen LogP contribution is -2.42. The van der Waals surface area contributed by atoms with Crippen LogP contribution in [0.3, 0.4) is 0 Å². The van der Waals surface area contributed by atoms with E-state index in [1.165, 1.54) is 0 Å². The van der Waals surface area contributed by atoms with Crippen LogP contribution in [0.5, 0.6) is 0 Å². The molecule has 20 heavy (non-hydrogen) atoms. The Balaban J connectivity index is 0.00000200. The van der Waals surface area contributed by atoms with E-state index < -0.39 is 10.0 Å². The molecule has 1 aromatic rings. The lowest BCUT2D eigenvalue weighted by molar-refractivity contribution is 0.250. The Morgan fingerprint density at radius 3 is 2.35 bits per heavy atom. The van der Waals surface area contributed by atoms with Crippen molar-refractivity contribution in [1.29, 1.82) is 0 Å². The van der Waals surface area contributed by atoms with E-state index >= 15 is 0 Å². The minimum absolute atomic E-state index is 0. The van der Waals surface area contributed by atoms with Gasteiger partial charge in [0.1, 0.15) is 0 Å². The molecule has 0 saturated carbocycles. The molecule has 4 nitrogen and oxygen atoms in total. The largest absolute Gasteiger partial charge is 0.328 e. The highest BCUT2D eigenvalue weighted by atomic mass is 79.9. The number of halogens is 2. The van der Waals surface area contributed by atoms with Gasteiger partial charge in [-0.1, -0.05) is 12.1 Å². The molecule has 1 aromatic carbocycles. The fraction of sp³-hybridized carbons (Fsp3) is 0.538. The maximum atomic E-state index is 12.5. The lowest BCUT2D eigenvalue weighted by Gasteiger charge is -2.33. The first kappa shape index (κ1) is 17.9. The summed E-state index contributed by atoms with van der Waals surface area (Å²) in [6, 6.07) is 7.07. The number of hydrogen-bond acceptors (Lipinski definition) is 3. The van der Waals surface area contributed by atoms with E-state index in [0.717, 1.165) is 12.8 Å². The topological polar surface area (TPSA) is 63.4 Å². The van der Waals surface area contributed by atoms with Gasteiger partial charge < -0.3 is 5.73 Å². The van der Waals surface area contributed by atoms with Crippen LogP contribution in [-0.2, 0) is 10.0 Å². The molecule has 7 heteroatoms. The van der Waals surface area contributed by atoms with E-state index in [1.807, 2.05) is 13.0 Å². The predicted molar refractivity (Wildman–Crippen MR) is 86.5 cm³/mol. The second-order valence-corrected chi connectivity index (χ2v) is 7.79. The summed E-state index contributed by atoms with van der Waals surface area (Å²) in [4.78, 5) is 0.342. The molecule has 0 amide bonds. The molecular weight excluding hydrogens is 364 g/mol. The first-order valence-electron chi connectivity index (χ1n) is 6.43. The van der Waals surface area contributed by atoms with Crippen molar-refractivity contribution in [3.63, 3.8) is 0 Å². The zero-order chi connectivity index (χ0) is 14.0. The van der Waals surface area contributed by atoms with Crippen molar-refractivity contribution in [2.24, 2.45) is 11.7 Å². The molecular formula is C13H20BrClN2O2S. The monoisotopic (exact) mass is 382 g/mol. The van der Waals surface area contributed by atoms with Crippen LogP contribution in [0.2, 0.25) is 0 Å². The standard InChI is InChI=1S/C13H19BrN2O2S.ClH/c1-10(15)11-6-8-16(9-7-11)19(17,18)13-5-3-2-4-12(13)14;/h2-5,10-11H,6-9,15H2,1H3;1H. The van der Waals surface area contributed by atoms with Crippen LogP contribution < -0.4 is 5.73 Å². The van der Waals surface area contributed by atoms with Gasteiger partial charge in [-0.2, -0.15) is 4.31 Å². The molecule has 1 aliphatic rings. The van der Waals surface area contributed by atoms with E-state index in [4.69, 9.17) is 5.73 Å². The van der Waals surface area contributed by atoms with E-state index in [0.29, 0.717) is 28.4 Å². The van der Waals surface area contributed by atoms with Crippen LogP contribution in [0.1, 0.15) is 19.8 Å². The number of sulfonamides is 1. The van der Waals surface area contributed by atoms with Crippen molar-refractivity contribution >= 4 is 38.4 Å². The van der Waals surface area contributed by atoms with E-state index in [9.17, 15) is 8.42 Å². The van der Waals surface area contributed by atoms with Gasteiger partial charge >= 0.3 is 0 Å². The molecule has 0 spiro atoms. The van der Waals surface area contributed by atoms with E-state index in [-0.39, 0.29) is 18.4 Å². The molecule has 1 atom stereocenters. The summed E-state index contributed by atoms with van der Waals surface area (Å²) < 4.78 is 27.3. The summed E-state index contributed by atoms with van der Waals surface area (Å²) in [5, 5.41) is 0. The third-order valence-corrected chi connectivity index (χ3v) is 6.61. The molecule has 2 N–H and O–H groups in total. The predicted octanol–water partition coefficient (Wildman–Crippen LogP) is 2.62. The first-order valence-corrected chi connectivity index (χ1v) is 8.66. The first-order chi connectivity index (χ1) is 8.93. The molecule has 1 heterocycles. The second-order valence-electron chi connectivity index (χ2n) is 5.03. The minimum Gasteiger partial charge on any atom is -0.328 e. The number of benzene rings is 1. The molecule has 1 saturated heterocycles. The molecule has 1 aliphatic heterocycles. The van der Waals surface area contributed by atoms with Gasteiger partial charge in [0, 0.05) is 23.6 Å². The van der Waals surface area contributed by atoms with Crippen molar-refractivity contribution in [3.05, 3.63) is 28.7 Å². The molecule has 0 aliphatic carbocycles. The van der Waals surface area contributed by atoms with Gasteiger partial charge in [0.05, 0.1) is 4.90 Å². The fourth-order valence-electron chi connectivity index (χ4n) is 2.43. The maximum Gasteiger partial charge on any atom is 0.244 e. The average Bonchev–Trinajstić information content (AvgIpc) is 2.39. The zero-order valence-electron chi connectivity index (χ0n) is 11.3. The van der Waals surface area contributed by atoms with Gasteiger partial charge in [0.2, 0.25) is 10.0 Å². The van der Waals surface area contributed by atoms with E-state index in [1.54, 1.807) is 22.5 Å². The molecule has 114 valence electrons. The summed E-state index contributed by atoms with van der Waals surface area (Å²) in [5.41, 5.74) is 5.88. The third-order valence-electron chi connectivity index (χ3n) is 3.70. The lowest BCUT2D eigenvalue weighted by atomic mass is 9.92. The Kier molecular flexibility index (Phi) is 6.47. The van der Waals surface area contributed by atoms with Crippen LogP contribution in [0.15, 0.2) is 33.6 Å². The molecule has 1 fully saturated rings. The third kappa shape index (κ3) is 3.74. The van der Waals surface area contributed by atoms with Crippen LogP contribution in [0.4, 0.5) is 0 Å². The molecule has 2 rings (SSSR count). The maximum absolute atomic E-state index is 12.5. The fourth-order valence-corrected chi connectivity index (χ4v) is 4.87. The Labute approximate surface area is 135 Å². The van der Waals surface area contributed by atoms with Crippen molar-refractivity contribution < 1.29 is 8.42 Å². The quantitative estimate of drug-likeness (QED) is 0.872. The van der Waals surface area contributed by atoms with E-state index in [2.05, 4.69) is 15.9 Å². The highest BCUT2D eigenvalue weighted by Gasteiger charge is 2.31. The van der Waals surface area contributed by atoms with Gasteiger partial charge in [-0.15, -0.1) is 12.4 Å². The number of nitrogens with zero attached hydrogens (tertiary/aromatic N) is 1. The van der Waals surface area contributed by atoms with Crippen molar-refractivity contribution in [1.82, 2.24) is 4.31 Å². The molecule has 0 bridgehead atoms. The van der Waals surface area contributed by atoms with Gasteiger partial charge in [0.15, 0.2) is 0 Å². The van der Waals surface area contributed by atoms with Gasteiger partial charge in [0.25, 0.3) is 0 Å². The number of piperidine rings is 1.